The Balaban J connectivity index is 1.88. The lowest BCUT2D eigenvalue weighted by molar-refractivity contribution is -0.141. The molecular weight excluding hydrogens is 570 g/mol. The van der Waals surface area contributed by atoms with Crippen LogP contribution in [0.25, 0.3) is 0 Å². The van der Waals surface area contributed by atoms with Crippen molar-refractivity contribution in [2.75, 3.05) is 23.7 Å². The third-order valence-corrected chi connectivity index (χ3v) is 8.82. The number of benzene rings is 3. The Labute approximate surface area is 255 Å². The first-order valence-electron chi connectivity index (χ1n) is 14.4. The van der Waals surface area contributed by atoms with Crippen molar-refractivity contribution in [2.45, 2.75) is 65.5 Å². The number of carbonyl (C=O) groups excluding carboxylic acids is 2. The average Bonchev–Trinajstić information content (AvgIpc) is 2.95. The molecule has 3 aromatic carbocycles. The Bertz CT molecular complexity index is 1430. The van der Waals surface area contributed by atoms with Gasteiger partial charge < -0.3 is 10.2 Å². The molecule has 0 fully saturated rings. The standard InChI is InChI=1S/C33H42ClN3O4S/c1-5-6-21-35-33(39)31(23-27-12-8-7-9-13-27)36(24-28-19-17-25(2)18-20-28)32(38)16-11-22-37(42(4,40)41)30-15-10-14-29(34)26(30)3/h7-10,12-15,17-20,31H,5-6,11,16,21-24H2,1-4H3,(H,35,39)/t31-/m1/s1. The molecule has 1 atom stereocenters. The van der Waals surface area contributed by atoms with Crippen molar-refractivity contribution in [3.8, 4) is 0 Å². The number of sulfonamides is 1. The summed E-state index contributed by atoms with van der Waals surface area (Å²) in [6.07, 6.45) is 3.66. The van der Waals surface area contributed by atoms with Gasteiger partial charge in [-0.3, -0.25) is 13.9 Å². The second-order valence-electron chi connectivity index (χ2n) is 10.7. The molecule has 0 spiro atoms. The van der Waals surface area contributed by atoms with Crippen molar-refractivity contribution in [3.05, 3.63) is 100 Å². The number of anilines is 1. The van der Waals surface area contributed by atoms with Crippen LogP contribution in [0.2, 0.25) is 5.02 Å². The first-order valence-corrected chi connectivity index (χ1v) is 16.6. The first-order chi connectivity index (χ1) is 20.0. The molecule has 0 aliphatic rings. The van der Waals surface area contributed by atoms with E-state index >= 15 is 0 Å². The summed E-state index contributed by atoms with van der Waals surface area (Å²) in [5, 5.41) is 3.50. The van der Waals surface area contributed by atoms with Crippen molar-refractivity contribution in [1.82, 2.24) is 10.2 Å². The largest absolute Gasteiger partial charge is 0.354 e. The van der Waals surface area contributed by atoms with E-state index in [0.717, 1.165) is 35.8 Å². The van der Waals surface area contributed by atoms with Crippen molar-refractivity contribution < 1.29 is 18.0 Å². The summed E-state index contributed by atoms with van der Waals surface area (Å²) in [6.45, 7) is 6.75. The fourth-order valence-electron chi connectivity index (χ4n) is 4.80. The van der Waals surface area contributed by atoms with Crippen molar-refractivity contribution in [3.63, 3.8) is 0 Å². The summed E-state index contributed by atoms with van der Waals surface area (Å²) in [5.74, 6) is -0.404. The van der Waals surface area contributed by atoms with E-state index in [2.05, 4.69) is 12.2 Å². The minimum Gasteiger partial charge on any atom is -0.354 e. The van der Waals surface area contributed by atoms with Gasteiger partial charge in [0.25, 0.3) is 0 Å². The number of rotatable bonds is 15. The number of aryl methyl sites for hydroxylation is 1. The monoisotopic (exact) mass is 611 g/mol. The van der Waals surface area contributed by atoms with Gasteiger partial charge in [-0.2, -0.15) is 0 Å². The van der Waals surface area contributed by atoms with E-state index in [-0.39, 0.29) is 37.7 Å². The molecule has 0 aliphatic carbocycles. The van der Waals surface area contributed by atoms with Crippen molar-refractivity contribution in [2.24, 2.45) is 0 Å². The van der Waals surface area contributed by atoms with E-state index in [0.29, 0.717) is 29.2 Å². The maximum absolute atomic E-state index is 13.9. The SMILES string of the molecule is CCCCNC(=O)[C@@H](Cc1ccccc1)N(Cc1ccc(C)cc1)C(=O)CCCN(c1cccc(Cl)c1C)S(C)(=O)=O. The molecule has 0 saturated heterocycles. The zero-order chi connectivity index (χ0) is 30.7. The fourth-order valence-corrected chi connectivity index (χ4v) is 5.98. The zero-order valence-electron chi connectivity index (χ0n) is 25.0. The minimum absolute atomic E-state index is 0.0744. The van der Waals surface area contributed by atoms with Gasteiger partial charge in [0.05, 0.1) is 11.9 Å². The van der Waals surface area contributed by atoms with E-state index in [1.165, 1.54) is 4.31 Å². The highest BCUT2D eigenvalue weighted by atomic mass is 35.5. The summed E-state index contributed by atoms with van der Waals surface area (Å²) in [6, 6.07) is 22.0. The summed E-state index contributed by atoms with van der Waals surface area (Å²) >= 11 is 6.28. The smallest absolute Gasteiger partial charge is 0.243 e. The normalized spacial score (nSPS) is 12.0. The van der Waals surface area contributed by atoms with Crippen LogP contribution in [0.4, 0.5) is 5.69 Å². The first kappa shape index (κ1) is 33.1. The second kappa shape index (κ2) is 15.8. The predicted molar refractivity (Wildman–Crippen MR) is 171 cm³/mol. The molecule has 9 heteroatoms. The van der Waals surface area contributed by atoms with E-state index in [1.807, 2.05) is 61.5 Å². The number of hydrogen-bond acceptors (Lipinski definition) is 4. The molecule has 1 N–H and O–H groups in total. The Kier molecular flexibility index (Phi) is 12.4. The molecule has 0 bridgehead atoms. The van der Waals surface area contributed by atoms with Crippen molar-refractivity contribution >= 4 is 39.1 Å². The van der Waals surface area contributed by atoms with Gasteiger partial charge in [0.1, 0.15) is 6.04 Å². The van der Waals surface area contributed by atoms with Crippen LogP contribution in [0.5, 0.6) is 0 Å². The van der Waals surface area contributed by atoms with Gasteiger partial charge in [-0.1, -0.05) is 91.2 Å². The van der Waals surface area contributed by atoms with Crippen LogP contribution in [0.1, 0.15) is 54.9 Å². The van der Waals surface area contributed by atoms with E-state index < -0.39 is 16.1 Å². The molecule has 0 radical (unpaired) electrons. The molecule has 7 nitrogen and oxygen atoms in total. The Morgan fingerprint density at radius 3 is 2.24 bits per heavy atom. The lowest BCUT2D eigenvalue weighted by Gasteiger charge is -2.32. The van der Waals surface area contributed by atoms with Gasteiger partial charge >= 0.3 is 0 Å². The van der Waals surface area contributed by atoms with Crippen LogP contribution in [0.15, 0.2) is 72.8 Å². The Hall–Kier alpha value is -3.36. The van der Waals surface area contributed by atoms with Crippen LogP contribution >= 0.6 is 11.6 Å². The quantitative estimate of drug-likeness (QED) is 0.212. The highest BCUT2D eigenvalue weighted by Crippen LogP contribution is 2.28. The highest BCUT2D eigenvalue weighted by Gasteiger charge is 2.30. The van der Waals surface area contributed by atoms with E-state index in [9.17, 15) is 18.0 Å². The molecule has 0 unspecified atom stereocenters. The molecule has 0 aliphatic heterocycles. The Morgan fingerprint density at radius 2 is 1.60 bits per heavy atom. The van der Waals surface area contributed by atoms with Gasteiger partial charge in [0, 0.05) is 37.5 Å². The molecule has 226 valence electrons. The van der Waals surface area contributed by atoms with Crippen LogP contribution in [-0.4, -0.2) is 50.5 Å². The zero-order valence-corrected chi connectivity index (χ0v) is 26.5. The van der Waals surface area contributed by atoms with Gasteiger partial charge in [0.2, 0.25) is 21.8 Å². The topological polar surface area (TPSA) is 86.8 Å². The summed E-state index contributed by atoms with van der Waals surface area (Å²) in [5.41, 5.74) is 4.12. The molecule has 42 heavy (non-hydrogen) atoms. The molecule has 0 heterocycles. The van der Waals surface area contributed by atoms with Gasteiger partial charge in [0.15, 0.2) is 0 Å². The van der Waals surface area contributed by atoms with Crippen LogP contribution in [0, 0.1) is 13.8 Å². The number of amides is 2. The van der Waals surface area contributed by atoms with Crippen LogP contribution in [0.3, 0.4) is 0 Å². The number of nitrogens with zero attached hydrogens (tertiary/aromatic N) is 2. The maximum Gasteiger partial charge on any atom is 0.243 e. The lowest BCUT2D eigenvalue weighted by Crippen LogP contribution is -2.50. The highest BCUT2D eigenvalue weighted by molar-refractivity contribution is 7.92. The third kappa shape index (κ3) is 9.60. The number of hydrogen-bond donors (Lipinski definition) is 1. The molecule has 3 aromatic rings. The maximum atomic E-state index is 13.9. The van der Waals surface area contributed by atoms with E-state index in [4.69, 9.17) is 11.6 Å². The number of halogens is 1. The average molecular weight is 612 g/mol. The fraction of sp³-hybridized carbons (Fsp3) is 0.394. The van der Waals surface area contributed by atoms with E-state index in [1.54, 1.807) is 30.0 Å². The molecular formula is C33H42ClN3O4S. The summed E-state index contributed by atoms with van der Waals surface area (Å²) < 4.78 is 26.8. The molecule has 0 aromatic heterocycles. The number of unbranched alkanes of at least 4 members (excludes halogenated alkanes) is 1. The third-order valence-electron chi connectivity index (χ3n) is 7.23. The lowest BCUT2D eigenvalue weighted by atomic mass is 10.0. The number of carbonyl (C=O) groups is 2. The molecule has 2 amide bonds. The summed E-state index contributed by atoms with van der Waals surface area (Å²) in [4.78, 5) is 29.1. The van der Waals surface area contributed by atoms with Crippen molar-refractivity contribution in [1.29, 1.82) is 0 Å². The Morgan fingerprint density at radius 1 is 0.905 bits per heavy atom. The summed E-state index contributed by atoms with van der Waals surface area (Å²) in [7, 11) is -3.63. The minimum atomic E-state index is -3.63. The second-order valence-corrected chi connectivity index (χ2v) is 13.0. The van der Waals surface area contributed by atoms with Crippen LogP contribution < -0.4 is 9.62 Å². The van der Waals surface area contributed by atoms with Gasteiger partial charge in [-0.05, 0) is 55.5 Å². The molecule has 3 rings (SSSR count). The number of nitrogens with one attached hydrogen (secondary N) is 1. The van der Waals surface area contributed by atoms with Gasteiger partial charge in [-0.25, -0.2) is 8.42 Å². The van der Waals surface area contributed by atoms with Crippen LogP contribution in [-0.2, 0) is 32.6 Å². The molecule has 0 saturated carbocycles. The van der Waals surface area contributed by atoms with Gasteiger partial charge in [-0.15, -0.1) is 0 Å². The predicted octanol–water partition coefficient (Wildman–Crippen LogP) is 6.06.